The van der Waals surface area contributed by atoms with E-state index in [0.29, 0.717) is 6.42 Å². The monoisotopic (exact) mass is 294 g/mol. The lowest BCUT2D eigenvalue weighted by molar-refractivity contribution is 0.617. The third-order valence-corrected chi connectivity index (χ3v) is 2.88. The normalized spacial score (nSPS) is 12.1. The van der Waals surface area contributed by atoms with Gasteiger partial charge in [0, 0.05) is 20.6 Å². The van der Waals surface area contributed by atoms with E-state index in [1.54, 1.807) is 0 Å². The molecule has 0 aliphatic carbocycles. The molecule has 0 heterocycles. The van der Waals surface area contributed by atoms with E-state index in [-0.39, 0.29) is 0 Å². The second-order valence-electron chi connectivity index (χ2n) is 2.68. The molecule has 0 aromatic heterocycles. The van der Waals surface area contributed by atoms with E-state index in [0.717, 1.165) is 15.4 Å². The summed E-state index contributed by atoms with van der Waals surface area (Å²) in [7, 11) is 1.48. The number of rotatable bonds is 3. The van der Waals surface area contributed by atoms with Gasteiger partial charge in [-0.1, -0.05) is 34.1 Å². The minimum Gasteiger partial charge on any atom is -0.208 e. The van der Waals surface area contributed by atoms with Gasteiger partial charge in [0.05, 0.1) is 0 Å². The second-order valence-corrected chi connectivity index (χ2v) is 6.11. The van der Waals surface area contributed by atoms with Gasteiger partial charge in [0.25, 0.3) is 9.05 Å². The van der Waals surface area contributed by atoms with Gasteiger partial charge in [-0.05, 0) is 24.1 Å². The SMILES string of the molecule is O=S(=O)(Cl)/C=C\Cc1ccc(Br)cc1. The van der Waals surface area contributed by atoms with Crippen LogP contribution in [0.5, 0.6) is 0 Å². The van der Waals surface area contributed by atoms with Crippen LogP contribution < -0.4 is 0 Å². The molecule has 14 heavy (non-hydrogen) atoms. The van der Waals surface area contributed by atoms with E-state index in [4.69, 9.17) is 10.7 Å². The van der Waals surface area contributed by atoms with E-state index >= 15 is 0 Å². The molecule has 0 fully saturated rings. The summed E-state index contributed by atoms with van der Waals surface area (Å²) >= 11 is 3.31. The lowest BCUT2D eigenvalue weighted by Crippen LogP contribution is -1.83. The summed E-state index contributed by atoms with van der Waals surface area (Å²) in [4.78, 5) is 0. The first kappa shape index (κ1) is 11.8. The molecule has 5 heteroatoms. The van der Waals surface area contributed by atoms with Crippen LogP contribution in [-0.2, 0) is 15.5 Å². The lowest BCUT2D eigenvalue weighted by Gasteiger charge is -1.95. The van der Waals surface area contributed by atoms with Crippen LogP contribution in [0.2, 0.25) is 0 Å². The summed E-state index contributed by atoms with van der Waals surface area (Å²) in [6, 6.07) is 7.63. The number of allylic oxidation sites excluding steroid dienone is 1. The molecule has 1 aromatic rings. The van der Waals surface area contributed by atoms with Crippen molar-refractivity contribution in [3.63, 3.8) is 0 Å². The number of hydrogen-bond acceptors (Lipinski definition) is 2. The number of halogens is 2. The molecule has 2 nitrogen and oxygen atoms in total. The predicted octanol–water partition coefficient (Wildman–Crippen LogP) is 3.07. The fourth-order valence-electron chi connectivity index (χ4n) is 0.920. The van der Waals surface area contributed by atoms with E-state index in [9.17, 15) is 8.42 Å². The third-order valence-electron chi connectivity index (χ3n) is 1.53. The first-order chi connectivity index (χ1) is 6.47. The molecule has 0 amide bonds. The number of benzene rings is 1. The molecule has 0 radical (unpaired) electrons. The molecule has 0 atom stereocenters. The zero-order valence-corrected chi connectivity index (χ0v) is 10.3. The van der Waals surface area contributed by atoms with Crippen molar-refractivity contribution in [3.8, 4) is 0 Å². The van der Waals surface area contributed by atoms with E-state index in [1.807, 2.05) is 24.3 Å². The van der Waals surface area contributed by atoms with Crippen molar-refractivity contribution < 1.29 is 8.42 Å². The molecule has 0 saturated heterocycles. The van der Waals surface area contributed by atoms with Gasteiger partial charge >= 0.3 is 0 Å². The minimum absolute atomic E-state index is 0.555. The molecule has 0 N–H and O–H groups in total. The van der Waals surface area contributed by atoms with Crippen LogP contribution in [0.4, 0.5) is 0 Å². The highest BCUT2D eigenvalue weighted by atomic mass is 79.9. The van der Waals surface area contributed by atoms with Crippen molar-refractivity contribution >= 4 is 35.7 Å². The van der Waals surface area contributed by atoms with Gasteiger partial charge in [-0.15, -0.1) is 0 Å². The average Bonchev–Trinajstić information content (AvgIpc) is 2.06. The lowest BCUT2D eigenvalue weighted by atomic mass is 10.2. The van der Waals surface area contributed by atoms with Crippen molar-refractivity contribution in [1.29, 1.82) is 0 Å². The Labute approximate surface area is 96.1 Å². The van der Waals surface area contributed by atoms with E-state index in [1.165, 1.54) is 6.08 Å². The maximum absolute atomic E-state index is 10.5. The van der Waals surface area contributed by atoms with Gasteiger partial charge in [0.15, 0.2) is 0 Å². The Bertz CT molecular complexity index is 423. The van der Waals surface area contributed by atoms with Crippen LogP contribution in [0.25, 0.3) is 0 Å². The average molecular weight is 296 g/mol. The highest BCUT2D eigenvalue weighted by Gasteiger charge is 1.96. The highest BCUT2D eigenvalue weighted by molar-refractivity contribution is 9.10. The molecule has 0 aliphatic heterocycles. The van der Waals surface area contributed by atoms with Crippen molar-refractivity contribution in [2.75, 3.05) is 0 Å². The molecule has 0 saturated carbocycles. The Morgan fingerprint density at radius 1 is 1.29 bits per heavy atom. The zero-order valence-electron chi connectivity index (χ0n) is 7.15. The topological polar surface area (TPSA) is 34.1 Å². The Kier molecular flexibility index (Phi) is 4.16. The van der Waals surface area contributed by atoms with Crippen molar-refractivity contribution in [3.05, 3.63) is 45.8 Å². The molecule has 76 valence electrons. The second kappa shape index (κ2) is 4.96. The maximum Gasteiger partial charge on any atom is 0.254 e. The summed E-state index contributed by atoms with van der Waals surface area (Å²) in [6.45, 7) is 0. The van der Waals surface area contributed by atoms with Gasteiger partial charge in [0.1, 0.15) is 0 Å². The third kappa shape index (κ3) is 4.79. The maximum atomic E-state index is 10.5. The molecule has 0 bridgehead atoms. The zero-order chi connectivity index (χ0) is 10.6. The van der Waals surface area contributed by atoms with Crippen molar-refractivity contribution in [2.45, 2.75) is 6.42 Å². The quantitative estimate of drug-likeness (QED) is 0.803. The van der Waals surface area contributed by atoms with Crippen LogP contribution in [0.3, 0.4) is 0 Å². The molecular weight excluding hydrogens is 288 g/mol. The minimum atomic E-state index is -3.52. The molecule has 1 rings (SSSR count). The van der Waals surface area contributed by atoms with Crippen LogP contribution >= 0.6 is 26.6 Å². The van der Waals surface area contributed by atoms with Gasteiger partial charge in [-0.3, -0.25) is 0 Å². The smallest absolute Gasteiger partial charge is 0.208 e. The summed E-state index contributed by atoms with van der Waals surface area (Å²) in [5.74, 6) is 0. The molecule has 0 spiro atoms. The van der Waals surface area contributed by atoms with E-state index < -0.39 is 9.05 Å². The Morgan fingerprint density at radius 3 is 2.36 bits per heavy atom. The fraction of sp³-hybridized carbons (Fsp3) is 0.111. The number of hydrogen-bond donors (Lipinski definition) is 0. The van der Waals surface area contributed by atoms with Crippen molar-refractivity contribution in [1.82, 2.24) is 0 Å². The summed E-state index contributed by atoms with van der Waals surface area (Å²) in [5, 5.41) is 0.997. The molecule has 1 aromatic carbocycles. The standard InChI is InChI=1S/C9H8BrClO2S/c10-9-5-3-8(4-6-9)2-1-7-14(11,12)13/h1,3-7H,2H2/b7-1-. The molecule has 0 aliphatic rings. The van der Waals surface area contributed by atoms with Crippen LogP contribution in [0.15, 0.2) is 40.2 Å². The molecular formula is C9H8BrClO2S. The van der Waals surface area contributed by atoms with Crippen LogP contribution in [0, 0.1) is 0 Å². The summed E-state index contributed by atoms with van der Waals surface area (Å²) in [5.41, 5.74) is 1.03. The van der Waals surface area contributed by atoms with Crippen LogP contribution in [0.1, 0.15) is 5.56 Å². The Balaban J connectivity index is 2.63. The Morgan fingerprint density at radius 2 is 1.86 bits per heavy atom. The predicted molar refractivity (Wildman–Crippen MR) is 61.8 cm³/mol. The first-order valence-corrected chi connectivity index (χ1v) is 6.99. The summed E-state index contributed by atoms with van der Waals surface area (Å²) in [6.07, 6.45) is 2.07. The van der Waals surface area contributed by atoms with Crippen molar-refractivity contribution in [2.24, 2.45) is 0 Å². The van der Waals surface area contributed by atoms with Gasteiger partial charge in [0.2, 0.25) is 0 Å². The fourth-order valence-corrected chi connectivity index (χ4v) is 1.73. The van der Waals surface area contributed by atoms with Crippen LogP contribution in [-0.4, -0.2) is 8.42 Å². The summed E-state index contributed by atoms with van der Waals surface area (Å²) < 4.78 is 22.1. The first-order valence-electron chi connectivity index (χ1n) is 3.83. The van der Waals surface area contributed by atoms with Gasteiger partial charge in [-0.2, -0.15) is 0 Å². The van der Waals surface area contributed by atoms with Gasteiger partial charge in [-0.25, -0.2) is 8.42 Å². The highest BCUT2D eigenvalue weighted by Crippen LogP contribution is 2.11. The molecule has 0 unspecified atom stereocenters. The van der Waals surface area contributed by atoms with Gasteiger partial charge < -0.3 is 0 Å². The largest absolute Gasteiger partial charge is 0.254 e. The Hall–Kier alpha value is -0.320. The van der Waals surface area contributed by atoms with E-state index in [2.05, 4.69) is 15.9 Å².